The van der Waals surface area contributed by atoms with Gasteiger partial charge in [0.1, 0.15) is 12.4 Å². The molecule has 1 aliphatic rings. The summed E-state index contributed by atoms with van der Waals surface area (Å²) in [6.07, 6.45) is 2.25. The fourth-order valence-corrected chi connectivity index (χ4v) is 2.07. The van der Waals surface area contributed by atoms with Crippen molar-refractivity contribution < 1.29 is 14.6 Å². The van der Waals surface area contributed by atoms with Crippen LogP contribution in [0.3, 0.4) is 0 Å². The largest absolute Gasteiger partial charge is 0.395 e. The number of hydrogen-bond donors (Lipinski definition) is 2. The summed E-state index contributed by atoms with van der Waals surface area (Å²) in [6, 6.07) is 5.36. The molecule has 0 atom stereocenters. The van der Waals surface area contributed by atoms with Crippen LogP contribution < -0.4 is 0 Å². The summed E-state index contributed by atoms with van der Waals surface area (Å²) in [5.41, 5.74) is 1.19. The molecule has 2 N–H and O–H groups in total. The summed E-state index contributed by atoms with van der Waals surface area (Å²) < 4.78 is 13.9. The van der Waals surface area contributed by atoms with Gasteiger partial charge in [-0.1, -0.05) is 17.9 Å². The van der Waals surface area contributed by atoms with E-state index in [2.05, 4.69) is 16.7 Å². The summed E-state index contributed by atoms with van der Waals surface area (Å²) >= 11 is 0. The van der Waals surface area contributed by atoms with Crippen molar-refractivity contribution in [1.29, 1.82) is 0 Å². The van der Waals surface area contributed by atoms with Crippen molar-refractivity contribution in [3.63, 3.8) is 0 Å². The van der Waals surface area contributed by atoms with Crippen molar-refractivity contribution in [3.8, 4) is 11.8 Å². The van der Waals surface area contributed by atoms with Crippen LogP contribution in [0.2, 0.25) is 0 Å². The molecular weight excluding hydrogens is 245 g/mol. The number of nitrogens with zero attached hydrogens (tertiary/aromatic N) is 1. The number of aliphatic hydroxyl groups excluding tert-OH is 2. The smallest absolute Gasteiger partial charge is 0.128 e. The highest BCUT2D eigenvalue weighted by Crippen LogP contribution is 2.28. The summed E-state index contributed by atoms with van der Waals surface area (Å²) in [5.74, 6) is 4.89. The fourth-order valence-electron chi connectivity index (χ4n) is 2.07. The zero-order chi connectivity index (χ0) is 13.7. The lowest BCUT2D eigenvalue weighted by molar-refractivity contribution is 0.182. The molecule has 4 heteroatoms. The van der Waals surface area contributed by atoms with Gasteiger partial charge in [0, 0.05) is 30.3 Å². The summed E-state index contributed by atoms with van der Waals surface area (Å²) in [6.45, 7) is 0.967. The molecule has 0 spiro atoms. The third-order valence-electron chi connectivity index (χ3n) is 3.19. The lowest BCUT2D eigenvalue weighted by atomic mass is 10.1. The van der Waals surface area contributed by atoms with E-state index in [-0.39, 0.29) is 19.0 Å². The van der Waals surface area contributed by atoms with Gasteiger partial charge in [0.15, 0.2) is 0 Å². The van der Waals surface area contributed by atoms with Crippen LogP contribution in [0, 0.1) is 17.7 Å². The molecule has 2 rings (SSSR count). The van der Waals surface area contributed by atoms with Gasteiger partial charge in [-0.15, -0.1) is 0 Å². The van der Waals surface area contributed by atoms with Crippen LogP contribution in [0.5, 0.6) is 0 Å². The van der Waals surface area contributed by atoms with Gasteiger partial charge in [-0.05, 0) is 25.0 Å². The molecular formula is C15H18FNO2. The lowest BCUT2D eigenvalue weighted by Gasteiger charge is -2.21. The maximum absolute atomic E-state index is 13.9. The van der Waals surface area contributed by atoms with E-state index in [1.54, 1.807) is 12.1 Å². The minimum absolute atomic E-state index is 0.0954. The van der Waals surface area contributed by atoms with Crippen LogP contribution in [0.1, 0.15) is 24.0 Å². The minimum atomic E-state index is -0.284. The molecule has 0 aromatic heterocycles. The minimum Gasteiger partial charge on any atom is -0.395 e. The average molecular weight is 263 g/mol. The Labute approximate surface area is 112 Å². The second-order valence-corrected chi connectivity index (χ2v) is 4.69. The first-order valence-electron chi connectivity index (χ1n) is 6.47. The van der Waals surface area contributed by atoms with Crippen molar-refractivity contribution in [2.45, 2.75) is 25.4 Å². The first-order chi connectivity index (χ1) is 9.24. The molecule has 1 aromatic rings. The Balaban J connectivity index is 2.07. The van der Waals surface area contributed by atoms with Gasteiger partial charge in [0.25, 0.3) is 0 Å². The van der Waals surface area contributed by atoms with Gasteiger partial charge < -0.3 is 10.2 Å². The predicted octanol–water partition coefficient (Wildman–Crippen LogP) is 1.13. The Morgan fingerprint density at radius 1 is 1.32 bits per heavy atom. The van der Waals surface area contributed by atoms with Crippen molar-refractivity contribution in [1.82, 2.24) is 4.90 Å². The molecule has 0 amide bonds. The second kappa shape index (κ2) is 6.67. The van der Waals surface area contributed by atoms with Crippen molar-refractivity contribution in [2.24, 2.45) is 0 Å². The lowest BCUT2D eigenvalue weighted by Crippen LogP contribution is -2.29. The van der Waals surface area contributed by atoms with Gasteiger partial charge in [-0.25, -0.2) is 4.39 Å². The van der Waals surface area contributed by atoms with Crippen LogP contribution in [0.15, 0.2) is 18.2 Å². The standard InChI is InChI=1S/C15H18FNO2/c16-15-10-12(2-1-8-18)3-4-13(15)11-17(7-9-19)14-5-6-14/h3-4,10,14,18-19H,5-9,11H2. The normalized spacial score (nSPS) is 14.3. The van der Waals surface area contributed by atoms with E-state index in [9.17, 15) is 4.39 Å². The molecule has 0 heterocycles. The van der Waals surface area contributed by atoms with Gasteiger partial charge >= 0.3 is 0 Å². The molecule has 0 unspecified atom stereocenters. The second-order valence-electron chi connectivity index (χ2n) is 4.69. The molecule has 1 aromatic carbocycles. The van der Waals surface area contributed by atoms with Gasteiger partial charge in [-0.2, -0.15) is 0 Å². The van der Waals surface area contributed by atoms with E-state index < -0.39 is 0 Å². The number of benzene rings is 1. The summed E-state index contributed by atoms with van der Waals surface area (Å²) in [4.78, 5) is 2.11. The van der Waals surface area contributed by atoms with Gasteiger partial charge in [-0.3, -0.25) is 4.90 Å². The number of halogens is 1. The van der Waals surface area contributed by atoms with E-state index in [4.69, 9.17) is 10.2 Å². The third-order valence-corrected chi connectivity index (χ3v) is 3.19. The Morgan fingerprint density at radius 2 is 2.11 bits per heavy atom. The first-order valence-corrected chi connectivity index (χ1v) is 6.47. The SMILES string of the molecule is OCC#Cc1ccc(CN(CCO)C2CC2)c(F)c1. The molecule has 0 radical (unpaired) electrons. The Morgan fingerprint density at radius 3 is 2.68 bits per heavy atom. The highest BCUT2D eigenvalue weighted by molar-refractivity contribution is 5.37. The van der Waals surface area contributed by atoms with E-state index in [0.717, 1.165) is 12.8 Å². The highest BCUT2D eigenvalue weighted by atomic mass is 19.1. The van der Waals surface area contributed by atoms with Crippen molar-refractivity contribution in [3.05, 3.63) is 35.1 Å². The van der Waals surface area contributed by atoms with Crippen LogP contribution in [0.4, 0.5) is 4.39 Å². The molecule has 0 aliphatic heterocycles. The van der Waals surface area contributed by atoms with E-state index >= 15 is 0 Å². The zero-order valence-electron chi connectivity index (χ0n) is 10.8. The van der Waals surface area contributed by atoms with E-state index in [1.807, 2.05) is 0 Å². The predicted molar refractivity (Wildman–Crippen MR) is 70.9 cm³/mol. The number of rotatable bonds is 5. The average Bonchev–Trinajstić information content (AvgIpc) is 3.22. The van der Waals surface area contributed by atoms with Crippen LogP contribution >= 0.6 is 0 Å². The molecule has 0 saturated heterocycles. The Bertz CT molecular complexity index is 489. The summed E-state index contributed by atoms with van der Waals surface area (Å²) in [7, 11) is 0. The van der Waals surface area contributed by atoms with Crippen LogP contribution in [-0.4, -0.2) is 40.9 Å². The Hall–Kier alpha value is -1.41. The third kappa shape index (κ3) is 4.03. The maximum atomic E-state index is 13.9. The Kier molecular flexibility index (Phi) is 4.92. The molecule has 3 nitrogen and oxygen atoms in total. The van der Waals surface area contributed by atoms with Crippen molar-refractivity contribution in [2.75, 3.05) is 19.8 Å². The molecule has 1 saturated carbocycles. The first kappa shape index (κ1) is 14.0. The quantitative estimate of drug-likeness (QED) is 0.783. The molecule has 1 aliphatic carbocycles. The topological polar surface area (TPSA) is 43.7 Å². The van der Waals surface area contributed by atoms with Crippen LogP contribution in [-0.2, 0) is 6.54 Å². The molecule has 1 fully saturated rings. The number of hydrogen-bond acceptors (Lipinski definition) is 3. The molecule has 0 bridgehead atoms. The highest BCUT2D eigenvalue weighted by Gasteiger charge is 2.28. The van der Waals surface area contributed by atoms with E-state index in [1.165, 1.54) is 6.07 Å². The molecule has 19 heavy (non-hydrogen) atoms. The zero-order valence-corrected chi connectivity index (χ0v) is 10.8. The van der Waals surface area contributed by atoms with Gasteiger partial charge in [0.2, 0.25) is 0 Å². The van der Waals surface area contributed by atoms with E-state index in [0.29, 0.717) is 30.3 Å². The van der Waals surface area contributed by atoms with Gasteiger partial charge in [0.05, 0.1) is 6.61 Å². The van der Waals surface area contributed by atoms with Crippen LogP contribution in [0.25, 0.3) is 0 Å². The maximum Gasteiger partial charge on any atom is 0.128 e. The van der Waals surface area contributed by atoms with Crippen molar-refractivity contribution >= 4 is 0 Å². The number of aliphatic hydroxyl groups is 2. The fraction of sp³-hybridized carbons (Fsp3) is 0.467. The molecule has 102 valence electrons. The monoisotopic (exact) mass is 263 g/mol. The summed E-state index contributed by atoms with van der Waals surface area (Å²) in [5, 5.41) is 17.6.